The summed E-state index contributed by atoms with van der Waals surface area (Å²) < 4.78 is 4.79. The largest absolute Gasteiger partial charge is 0.309 e. The van der Waals surface area contributed by atoms with E-state index in [9.17, 15) is 0 Å². The van der Waals surface area contributed by atoms with Crippen LogP contribution < -0.4 is 0 Å². The van der Waals surface area contributed by atoms with Gasteiger partial charge in [-0.3, -0.25) is 9.97 Å². The second kappa shape index (κ2) is 10.3. The molecule has 1 atom stereocenters. The average molecular weight is 681 g/mol. The molecule has 1 unspecified atom stereocenters. The first-order chi connectivity index (χ1) is 25.8. The van der Waals surface area contributed by atoms with E-state index in [0.29, 0.717) is 0 Å². The van der Waals surface area contributed by atoms with Gasteiger partial charge in [-0.15, -0.1) is 0 Å². The smallest absolute Gasteiger partial charge is 0.0939 e. The van der Waals surface area contributed by atoms with E-state index in [0.717, 1.165) is 22.8 Å². The monoisotopic (exact) mass is 680 g/mol. The lowest BCUT2D eigenvalue weighted by Gasteiger charge is -2.39. The van der Waals surface area contributed by atoms with Crippen LogP contribution in [0.1, 0.15) is 22.3 Å². The molecule has 5 heteroatoms. The highest BCUT2D eigenvalue weighted by Crippen LogP contribution is 2.61. The second-order valence-electron chi connectivity index (χ2n) is 13.8. The van der Waals surface area contributed by atoms with Crippen molar-refractivity contribution < 1.29 is 0 Å². The first kappa shape index (κ1) is 28.3. The number of hydrogen-bond acceptors (Lipinski definition) is 3. The van der Waals surface area contributed by atoms with Crippen LogP contribution in [0.15, 0.2) is 180 Å². The fourth-order valence-electron chi connectivity index (χ4n) is 9.25. The molecule has 0 bridgehead atoms. The highest BCUT2D eigenvalue weighted by molar-refractivity contribution is 7.99. The standard InChI is InChI=1S/C47H28N4S/c1-6-18-39-31(12-1)32-13-2-7-19-40(32)50(39)29-23-24-36-44(27-29)52-43-22-10-5-16-35(43)47(36)37-17-11-25-48-45(37)46-38(47)26-30(28-49-46)51-41-20-8-3-14-33(41)34-15-4-9-21-42(34)51/h1-28H. The van der Waals surface area contributed by atoms with Gasteiger partial charge < -0.3 is 9.13 Å². The lowest BCUT2D eigenvalue weighted by atomic mass is 9.67. The van der Waals surface area contributed by atoms with Crippen LogP contribution in [0.3, 0.4) is 0 Å². The van der Waals surface area contributed by atoms with E-state index >= 15 is 0 Å². The maximum atomic E-state index is 5.30. The molecule has 1 aliphatic carbocycles. The zero-order valence-electron chi connectivity index (χ0n) is 27.9. The Labute approximate surface area is 303 Å². The summed E-state index contributed by atoms with van der Waals surface area (Å²) >= 11 is 1.86. The van der Waals surface area contributed by atoms with Crippen molar-refractivity contribution in [3.8, 4) is 22.8 Å². The molecular weight excluding hydrogens is 653 g/mol. The summed E-state index contributed by atoms with van der Waals surface area (Å²) in [5.74, 6) is 0. The highest BCUT2D eigenvalue weighted by atomic mass is 32.2. The van der Waals surface area contributed by atoms with Crippen LogP contribution in [0.5, 0.6) is 0 Å². The minimum Gasteiger partial charge on any atom is -0.309 e. The van der Waals surface area contributed by atoms with Gasteiger partial charge in [0.1, 0.15) is 0 Å². The predicted octanol–water partition coefficient (Wildman–Crippen LogP) is 11.5. The molecule has 0 amide bonds. The molecule has 2 aliphatic rings. The van der Waals surface area contributed by atoms with Crippen molar-refractivity contribution in [2.75, 3.05) is 0 Å². The van der Waals surface area contributed by atoms with E-state index < -0.39 is 5.41 Å². The molecule has 1 spiro atoms. The molecule has 0 saturated heterocycles. The maximum Gasteiger partial charge on any atom is 0.0939 e. The number of rotatable bonds is 2. The Morgan fingerprint density at radius 3 is 1.58 bits per heavy atom. The number of benzene rings is 6. The third-order valence-corrected chi connectivity index (χ3v) is 12.4. The second-order valence-corrected chi connectivity index (χ2v) is 14.8. The first-order valence-electron chi connectivity index (χ1n) is 17.7. The molecule has 12 rings (SSSR count). The highest BCUT2D eigenvalue weighted by Gasteiger charge is 2.51. The molecule has 52 heavy (non-hydrogen) atoms. The minimum atomic E-state index is -0.600. The minimum absolute atomic E-state index is 0.600. The van der Waals surface area contributed by atoms with Gasteiger partial charge in [0.05, 0.1) is 50.8 Å². The topological polar surface area (TPSA) is 35.6 Å². The SMILES string of the molecule is c1ccc2c(c1)Sc1cc(-n3c4ccccc4c4ccccc43)ccc1C21c2cccnc2-c2ncc(-n3c4ccccc4c4ccccc43)cc21. The molecule has 0 radical (unpaired) electrons. The van der Waals surface area contributed by atoms with Gasteiger partial charge in [0.15, 0.2) is 0 Å². The van der Waals surface area contributed by atoms with Gasteiger partial charge in [0.25, 0.3) is 0 Å². The summed E-state index contributed by atoms with van der Waals surface area (Å²) in [4.78, 5) is 12.8. The number of aromatic nitrogens is 4. The van der Waals surface area contributed by atoms with Crippen molar-refractivity contribution in [3.05, 3.63) is 192 Å². The van der Waals surface area contributed by atoms with Gasteiger partial charge in [-0.25, -0.2) is 0 Å². The van der Waals surface area contributed by atoms with E-state index in [-0.39, 0.29) is 0 Å². The normalized spacial score (nSPS) is 15.7. The number of hydrogen-bond donors (Lipinski definition) is 0. The Balaban J connectivity index is 1.16. The predicted molar refractivity (Wildman–Crippen MR) is 212 cm³/mol. The Kier molecular flexibility index (Phi) is 5.61. The number of pyridine rings is 2. The number of fused-ring (bicyclic) bond motifs is 15. The zero-order chi connectivity index (χ0) is 34.0. The Hall–Kier alpha value is -6.43. The molecule has 0 N–H and O–H groups in total. The van der Waals surface area contributed by atoms with Gasteiger partial charge >= 0.3 is 0 Å². The van der Waals surface area contributed by atoms with Crippen molar-refractivity contribution >= 4 is 55.4 Å². The van der Waals surface area contributed by atoms with Crippen LogP contribution >= 0.6 is 11.8 Å². The molecule has 4 aromatic heterocycles. The molecular formula is C47H28N4S. The summed E-state index contributed by atoms with van der Waals surface area (Å²) in [6.45, 7) is 0. The molecule has 1 aliphatic heterocycles. The molecule has 0 saturated carbocycles. The van der Waals surface area contributed by atoms with Gasteiger partial charge in [0, 0.05) is 48.8 Å². The summed E-state index contributed by atoms with van der Waals surface area (Å²) in [7, 11) is 0. The van der Waals surface area contributed by atoms with Crippen molar-refractivity contribution in [2.45, 2.75) is 15.2 Å². The first-order valence-corrected chi connectivity index (χ1v) is 18.5. The molecule has 6 aromatic carbocycles. The number of para-hydroxylation sites is 4. The van der Waals surface area contributed by atoms with Crippen molar-refractivity contribution in [2.24, 2.45) is 0 Å². The van der Waals surface area contributed by atoms with Gasteiger partial charge in [-0.2, -0.15) is 0 Å². The van der Waals surface area contributed by atoms with Crippen molar-refractivity contribution in [1.29, 1.82) is 0 Å². The van der Waals surface area contributed by atoms with Gasteiger partial charge in [-0.1, -0.05) is 115 Å². The fourth-order valence-corrected chi connectivity index (χ4v) is 10.5. The molecule has 4 nitrogen and oxygen atoms in total. The Bertz CT molecular complexity index is 3030. The van der Waals surface area contributed by atoms with E-state index in [1.54, 1.807) is 0 Å². The van der Waals surface area contributed by atoms with Crippen LogP contribution in [-0.4, -0.2) is 19.1 Å². The lowest BCUT2D eigenvalue weighted by Crippen LogP contribution is -2.32. The lowest BCUT2D eigenvalue weighted by molar-refractivity contribution is 0.718. The maximum absolute atomic E-state index is 5.30. The van der Waals surface area contributed by atoms with Crippen LogP contribution in [0, 0.1) is 0 Å². The van der Waals surface area contributed by atoms with Crippen LogP contribution in [0.25, 0.3) is 66.4 Å². The molecule has 10 aromatic rings. The summed E-state index contributed by atoms with van der Waals surface area (Å²) in [5, 5.41) is 5.00. The average Bonchev–Trinajstić information content (AvgIpc) is 3.82. The summed E-state index contributed by atoms with van der Waals surface area (Å²) in [5.41, 5.74) is 13.1. The summed E-state index contributed by atoms with van der Waals surface area (Å²) in [6.07, 6.45) is 3.94. The van der Waals surface area contributed by atoms with Crippen LogP contribution in [0.4, 0.5) is 0 Å². The van der Waals surface area contributed by atoms with Crippen molar-refractivity contribution in [3.63, 3.8) is 0 Å². The third kappa shape index (κ3) is 3.53. The van der Waals surface area contributed by atoms with Gasteiger partial charge in [0.2, 0.25) is 0 Å². The van der Waals surface area contributed by atoms with E-state index in [2.05, 4.69) is 167 Å². The van der Waals surface area contributed by atoms with E-state index in [4.69, 9.17) is 9.97 Å². The third-order valence-electron chi connectivity index (χ3n) is 11.3. The molecule has 5 heterocycles. The van der Waals surface area contributed by atoms with Crippen molar-refractivity contribution in [1.82, 2.24) is 19.1 Å². The van der Waals surface area contributed by atoms with Crippen LogP contribution in [-0.2, 0) is 5.41 Å². The van der Waals surface area contributed by atoms with Gasteiger partial charge in [-0.05, 0) is 71.3 Å². The Morgan fingerprint density at radius 1 is 0.404 bits per heavy atom. The zero-order valence-corrected chi connectivity index (χ0v) is 28.7. The quantitative estimate of drug-likeness (QED) is 0.182. The fraction of sp³-hybridized carbons (Fsp3) is 0.0213. The number of nitrogens with zero attached hydrogens (tertiary/aromatic N) is 4. The molecule has 242 valence electrons. The Morgan fingerprint density at radius 2 is 0.923 bits per heavy atom. The van der Waals surface area contributed by atoms with E-state index in [1.807, 2.05) is 24.2 Å². The molecule has 0 fully saturated rings. The van der Waals surface area contributed by atoms with Crippen LogP contribution in [0.2, 0.25) is 0 Å². The van der Waals surface area contributed by atoms with E-state index in [1.165, 1.54) is 75.7 Å². The summed E-state index contributed by atoms with van der Waals surface area (Å²) in [6, 6.07) is 57.6.